The van der Waals surface area contributed by atoms with E-state index in [1.165, 1.54) is 36.3 Å². The lowest BCUT2D eigenvalue weighted by molar-refractivity contribution is -0.385. The minimum absolute atomic E-state index is 0.0124. The maximum Gasteiger partial charge on any atom is 0.409 e. The van der Waals surface area contributed by atoms with E-state index in [1.54, 1.807) is 13.1 Å². The third kappa shape index (κ3) is 5.11. The topological polar surface area (TPSA) is 142 Å². The molecule has 0 radical (unpaired) electrons. The zero-order chi connectivity index (χ0) is 22.5. The van der Waals surface area contributed by atoms with E-state index in [9.17, 15) is 19.3 Å². The Hall–Kier alpha value is -4.06. The van der Waals surface area contributed by atoms with Crippen molar-refractivity contribution in [2.24, 2.45) is 7.05 Å². The molecule has 162 valence electrons. The van der Waals surface area contributed by atoms with Gasteiger partial charge in [-0.15, -0.1) is 0 Å². The van der Waals surface area contributed by atoms with E-state index in [-0.39, 0.29) is 41.7 Å². The van der Waals surface area contributed by atoms with Crippen LogP contribution in [0.2, 0.25) is 0 Å². The number of amides is 1. The lowest BCUT2D eigenvalue weighted by Crippen LogP contribution is -2.08. The number of carbonyl (C=O) groups is 1. The zero-order valence-corrected chi connectivity index (χ0v) is 16.5. The molecular weight excluding hydrogens is 413 g/mol. The number of carboxylic acid groups (broad SMARTS) is 1. The van der Waals surface area contributed by atoms with Crippen LogP contribution in [-0.4, -0.2) is 38.0 Å². The lowest BCUT2D eigenvalue weighted by Gasteiger charge is -2.11. The van der Waals surface area contributed by atoms with Gasteiger partial charge in [-0.3, -0.25) is 20.1 Å². The van der Waals surface area contributed by atoms with Gasteiger partial charge >= 0.3 is 11.8 Å². The van der Waals surface area contributed by atoms with Gasteiger partial charge in [-0.25, -0.2) is 14.2 Å². The second-order valence-electron chi connectivity index (χ2n) is 6.42. The maximum atomic E-state index is 14.0. The first kappa shape index (κ1) is 21.6. The second kappa shape index (κ2) is 9.17. The summed E-state index contributed by atoms with van der Waals surface area (Å²) in [5.74, 6) is -0.323. The second-order valence-corrected chi connectivity index (χ2v) is 6.42. The number of methoxy groups -OCH3 is 1. The zero-order valence-electron chi connectivity index (χ0n) is 16.5. The third-order valence-electron chi connectivity index (χ3n) is 4.19. The Morgan fingerprint density at radius 1 is 1.32 bits per heavy atom. The van der Waals surface area contributed by atoms with Gasteiger partial charge in [0.2, 0.25) is 5.75 Å². The number of anilines is 1. The van der Waals surface area contributed by atoms with Crippen LogP contribution < -0.4 is 10.1 Å². The molecule has 0 saturated carbocycles. The van der Waals surface area contributed by atoms with Crippen molar-refractivity contribution >= 4 is 17.5 Å². The molecule has 0 aliphatic rings. The van der Waals surface area contributed by atoms with Crippen LogP contribution in [0.15, 0.2) is 36.7 Å². The fraction of sp³-hybridized carbons (Fsp3) is 0.211. The Morgan fingerprint density at radius 3 is 2.71 bits per heavy atom. The molecule has 1 heterocycles. The van der Waals surface area contributed by atoms with Crippen LogP contribution in [0.3, 0.4) is 0 Å². The molecule has 0 aliphatic heterocycles. The first-order valence-corrected chi connectivity index (χ1v) is 8.86. The molecule has 0 bridgehead atoms. The summed E-state index contributed by atoms with van der Waals surface area (Å²) in [5, 5.41) is 26.6. The predicted molar refractivity (Wildman–Crippen MR) is 106 cm³/mol. The summed E-state index contributed by atoms with van der Waals surface area (Å²) in [5.41, 5.74) is 0.770. The van der Waals surface area contributed by atoms with Gasteiger partial charge in [0.1, 0.15) is 12.1 Å². The van der Waals surface area contributed by atoms with Crippen LogP contribution >= 0.6 is 0 Å². The number of aryl methyl sites for hydroxylation is 1. The van der Waals surface area contributed by atoms with Crippen molar-refractivity contribution in [3.05, 3.63) is 63.7 Å². The molecule has 2 N–H and O–H groups in total. The number of hydrogen-bond donors (Lipinski definition) is 2. The number of nitrogens with one attached hydrogen (secondary N) is 1. The number of aromatic nitrogens is 3. The first-order chi connectivity index (χ1) is 14.8. The van der Waals surface area contributed by atoms with Gasteiger partial charge < -0.3 is 14.6 Å². The van der Waals surface area contributed by atoms with Crippen LogP contribution in [0, 0.1) is 15.9 Å². The Kier molecular flexibility index (Phi) is 6.40. The number of nitro benzene ring substituents is 1. The average Bonchev–Trinajstić information content (AvgIpc) is 3.15. The van der Waals surface area contributed by atoms with E-state index in [0.717, 1.165) is 6.07 Å². The average molecular weight is 431 g/mol. The number of ether oxygens (including phenoxy) is 2. The molecule has 3 aromatic rings. The molecule has 0 atom stereocenters. The molecule has 2 aromatic carbocycles. The highest BCUT2D eigenvalue weighted by Gasteiger charge is 2.23. The van der Waals surface area contributed by atoms with Crippen molar-refractivity contribution in [3.8, 4) is 17.1 Å². The van der Waals surface area contributed by atoms with E-state index >= 15 is 0 Å². The van der Waals surface area contributed by atoms with Crippen molar-refractivity contribution < 1.29 is 28.7 Å². The van der Waals surface area contributed by atoms with Crippen LogP contribution in [0.5, 0.6) is 5.75 Å². The SMILES string of the molecule is COc1c(-c2ncn(C)n2)cc(COCc2cc(NC(=O)O)ccc2F)cc1[N+](=O)[O-]. The Morgan fingerprint density at radius 2 is 2.10 bits per heavy atom. The molecule has 12 heteroatoms. The maximum absolute atomic E-state index is 14.0. The summed E-state index contributed by atoms with van der Waals surface area (Å²) in [7, 11) is 2.97. The van der Waals surface area contributed by atoms with Crippen molar-refractivity contribution in [3.63, 3.8) is 0 Å². The molecule has 0 spiro atoms. The normalized spacial score (nSPS) is 10.7. The summed E-state index contributed by atoms with van der Waals surface area (Å²) in [6, 6.07) is 6.60. The minimum Gasteiger partial charge on any atom is -0.490 e. The number of hydrogen-bond acceptors (Lipinski definition) is 7. The Labute approximate surface area is 175 Å². The number of benzene rings is 2. The summed E-state index contributed by atoms with van der Waals surface area (Å²) >= 11 is 0. The predicted octanol–water partition coefficient (Wildman–Crippen LogP) is 3.34. The fourth-order valence-corrected chi connectivity index (χ4v) is 2.90. The molecule has 11 nitrogen and oxygen atoms in total. The highest BCUT2D eigenvalue weighted by atomic mass is 19.1. The van der Waals surface area contributed by atoms with Gasteiger partial charge in [-0.1, -0.05) is 0 Å². The van der Waals surface area contributed by atoms with Gasteiger partial charge in [-0.05, 0) is 29.8 Å². The van der Waals surface area contributed by atoms with Crippen molar-refractivity contribution in [1.29, 1.82) is 0 Å². The summed E-state index contributed by atoms with van der Waals surface area (Å²) in [4.78, 5) is 25.8. The Balaban J connectivity index is 1.84. The molecule has 31 heavy (non-hydrogen) atoms. The van der Waals surface area contributed by atoms with E-state index in [1.807, 2.05) is 0 Å². The van der Waals surface area contributed by atoms with E-state index in [4.69, 9.17) is 14.6 Å². The number of halogens is 1. The van der Waals surface area contributed by atoms with E-state index in [2.05, 4.69) is 15.4 Å². The third-order valence-corrected chi connectivity index (χ3v) is 4.19. The molecular formula is C19H18FN5O6. The van der Waals surface area contributed by atoms with Gasteiger partial charge in [0.05, 0.1) is 30.8 Å². The smallest absolute Gasteiger partial charge is 0.409 e. The van der Waals surface area contributed by atoms with Gasteiger partial charge in [0.15, 0.2) is 5.82 Å². The van der Waals surface area contributed by atoms with Gasteiger partial charge in [0.25, 0.3) is 0 Å². The molecule has 1 amide bonds. The summed E-state index contributed by atoms with van der Waals surface area (Å²) in [6.07, 6.45) is 0.171. The van der Waals surface area contributed by atoms with Crippen molar-refractivity contribution in [1.82, 2.24) is 14.8 Å². The fourth-order valence-electron chi connectivity index (χ4n) is 2.90. The lowest BCUT2D eigenvalue weighted by atomic mass is 10.1. The number of nitro groups is 1. The summed E-state index contributed by atoms with van der Waals surface area (Å²) in [6.45, 7) is -0.265. The van der Waals surface area contributed by atoms with Gasteiger partial charge in [0, 0.05) is 24.4 Å². The summed E-state index contributed by atoms with van der Waals surface area (Å²) < 4.78 is 26.2. The van der Waals surface area contributed by atoms with Crippen molar-refractivity contribution in [2.75, 3.05) is 12.4 Å². The molecule has 1 aromatic heterocycles. The van der Waals surface area contributed by atoms with Gasteiger partial charge in [-0.2, -0.15) is 5.10 Å². The van der Waals surface area contributed by atoms with Crippen LogP contribution in [-0.2, 0) is 25.0 Å². The quantitative estimate of drug-likeness (QED) is 0.408. The molecule has 0 unspecified atom stereocenters. The van der Waals surface area contributed by atoms with Crippen LogP contribution in [0.25, 0.3) is 11.4 Å². The molecule has 0 fully saturated rings. The van der Waals surface area contributed by atoms with Crippen molar-refractivity contribution in [2.45, 2.75) is 13.2 Å². The number of nitrogens with zero attached hydrogens (tertiary/aromatic N) is 4. The highest BCUT2D eigenvalue weighted by Crippen LogP contribution is 2.38. The largest absolute Gasteiger partial charge is 0.490 e. The van der Waals surface area contributed by atoms with Crippen LogP contribution in [0.1, 0.15) is 11.1 Å². The molecule has 0 aliphatic carbocycles. The van der Waals surface area contributed by atoms with Crippen LogP contribution in [0.4, 0.5) is 20.6 Å². The molecule has 0 saturated heterocycles. The first-order valence-electron chi connectivity index (χ1n) is 8.86. The standard InChI is InChI=1S/C19H18FN5O6/c1-24-10-21-18(23-24)14-5-11(6-16(25(28)29)17(14)30-2)8-31-9-12-7-13(22-19(26)27)3-4-15(12)20/h3-7,10,22H,8-9H2,1-2H3,(H,26,27). The molecule has 3 rings (SSSR count). The highest BCUT2D eigenvalue weighted by molar-refractivity contribution is 5.82. The number of rotatable bonds is 8. The Bertz CT molecular complexity index is 1130. The van der Waals surface area contributed by atoms with E-state index in [0.29, 0.717) is 11.1 Å². The monoisotopic (exact) mass is 431 g/mol. The van der Waals surface area contributed by atoms with E-state index < -0.39 is 16.8 Å². The minimum atomic E-state index is -1.28.